The third-order valence-corrected chi connectivity index (χ3v) is 1.55. The SMILES string of the molecule is C=CCOC(=O)C(CC=C)CC(=O)O. The Labute approximate surface area is 82.9 Å². The van der Waals surface area contributed by atoms with Gasteiger partial charge in [0.05, 0.1) is 12.3 Å². The second kappa shape index (κ2) is 6.88. The fourth-order valence-electron chi connectivity index (χ4n) is 0.934. The van der Waals surface area contributed by atoms with E-state index in [2.05, 4.69) is 13.2 Å². The van der Waals surface area contributed by atoms with Crippen LogP contribution in [0.25, 0.3) is 0 Å². The van der Waals surface area contributed by atoms with Gasteiger partial charge in [-0.05, 0) is 6.42 Å². The zero-order valence-corrected chi connectivity index (χ0v) is 7.94. The fourth-order valence-corrected chi connectivity index (χ4v) is 0.934. The molecule has 0 saturated heterocycles. The summed E-state index contributed by atoms with van der Waals surface area (Å²) >= 11 is 0. The Morgan fingerprint density at radius 1 is 1.36 bits per heavy atom. The lowest BCUT2D eigenvalue weighted by Gasteiger charge is -2.10. The maximum atomic E-state index is 11.2. The largest absolute Gasteiger partial charge is 0.481 e. The molecule has 4 heteroatoms. The molecule has 0 bridgehead atoms. The lowest BCUT2D eigenvalue weighted by molar-refractivity contribution is -0.152. The van der Waals surface area contributed by atoms with Crippen LogP contribution >= 0.6 is 0 Å². The van der Waals surface area contributed by atoms with Crippen molar-refractivity contribution in [1.82, 2.24) is 0 Å². The van der Waals surface area contributed by atoms with Crippen LogP contribution in [0, 0.1) is 5.92 Å². The minimum atomic E-state index is -1.02. The number of aliphatic carboxylic acids is 1. The molecule has 0 fully saturated rings. The molecule has 0 aliphatic rings. The highest BCUT2D eigenvalue weighted by atomic mass is 16.5. The third kappa shape index (κ3) is 5.13. The molecule has 4 nitrogen and oxygen atoms in total. The van der Waals surface area contributed by atoms with Crippen molar-refractivity contribution in [3.8, 4) is 0 Å². The van der Waals surface area contributed by atoms with Crippen molar-refractivity contribution < 1.29 is 19.4 Å². The van der Waals surface area contributed by atoms with Crippen molar-refractivity contribution in [2.24, 2.45) is 5.92 Å². The number of carboxylic acid groups (broad SMARTS) is 1. The number of allylic oxidation sites excluding steroid dienone is 1. The van der Waals surface area contributed by atoms with E-state index in [4.69, 9.17) is 9.84 Å². The second-order valence-electron chi connectivity index (χ2n) is 2.74. The van der Waals surface area contributed by atoms with Crippen molar-refractivity contribution in [2.45, 2.75) is 12.8 Å². The van der Waals surface area contributed by atoms with Crippen LogP contribution < -0.4 is 0 Å². The van der Waals surface area contributed by atoms with Gasteiger partial charge < -0.3 is 9.84 Å². The van der Waals surface area contributed by atoms with E-state index in [-0.39, 0.29) is 13.0 Å². The molecule has 1 N–H and O–H groups in total. The van der Waals surface area contributed by atoms with Gasteiger partial charge in [0.25, 0.3) is 0 Å². The number of hydrogen-bond acceptors (Lipinski definition) is 3. The molecule has 14 heavy (non-hydrogen) atoms. The summed E-state index contributed by atoms with van der Waals surface area (Å²) in [6, 6.07) is 0. The third-order valence-electron chi connectivity index (χ3n) is 1.55. The summed E-state index contributed by atoms with van der Waals surface area (Å²) in [4.78, 5) is 21.6. The van der Waals surface area contributed by atoms with Crippen molar-refractivity contribution in [1.29, 1.82) is 0 Å². The van der Waals surface area contributed by atoms with Gasteiger partial charge in [0.2, 0.25) is 0 Å². The predicted octanol–water partition coefficient (Wildman–Crippen LogP) is 1.38. The van der Waals surface area contributed by atoms with E-state index < -0.39 is 17.9 Å². The molecular formula is C10H14O4. The first kappa shape index (κ1) is 12.4. The molecule has 0 saturated carbocycles. The zero-order valence-electron chi connectivity index (χ0n) is 7.94. The van der Waals surface area contributed by atoms with Crippen LogP contribution in [0.2, 0.25) is 0 Å². The first-order valence-corrected chi connectivity index (χ1v) is 4.22. The van der Waals surface area contributed by atoms with Crippen LogP contribution in [0.15, 0.2) is 25.3 Å². The first-order chi connectivity index (χ1) is 6.61. The molecule has 1 atom stereocenters. The predicted molar refractivity (Wildman–Crippen MR) is 51.7 cm³/mol. The van der Waals surface area contributed by atoms with Crippen molar-refractivity contribution in [2.75, 3.05) is 6.61 Å². The molecule has 0 aliphatic heterocycles. The number of hydrogen-bond donors (Lipinski definition) is 1. The van der Waals surface area contributed by atoms with Gasteiger partial charge in [0, 0.05) is 0 Å². The first-order valence-electron chi connectivity index (χ1n) is 4.22. The minimum Gasteiger partial charge on any atom is -0.481 e. The van der Waals surface area contributed by atoms with Crippen LogP contribution in [0.5, 0.6) is 0 Å². The van der Waals surface area contributed by atoms with Crippen LogP contribution in [-0.2, 0) is 14.3 Å². The monoisotopic (exact) mass is 198 g/mol. The Hall–Kier alpha value is -1.58. The van der Waals surface area contributed by atoms with Crippen LogP contribution in [0.4, 0.5) is 0 Å². The van der Waals surface area contributed by atoms with Crippen molar-refractivity contribution in [3.63, 3.8) is 0 Å². The molecule has 0 aromatic rings. The smallest absolute Gasteiger partial charge is 0.310 e. The molecule has 0 radical (unpaired) electrons. The number of rotatable bonds is 7. The van der Waals surface area contributed by atoms with E-state index in [0.29, 0.717) is 6.42 Å². The normalized spacial score (nSPS) is 11.4. The van der Waals surface area contributed by atoms with Gasteiger partial charge in [-0.2, -0.15) is 0 Å². The number of esters is 1. The summed E-state index contributed by atoms with van der Waals surface area (Å²) in [6.07, 6.45) is 3.01. The summed E-state index contributed by atoms with van der Waals surface area (Å²) in [5.74, 6) is -2.19. The lowest BCUT2D eigenvalue weighted by atomic mass is 10.0. The Bertz CT molecular complexity index is 232. The van der Waals surface area contributed by atoms with Crippen molar-refractivity contribution >= 4 is 11.9 Å². The second-order valence-corrected chi connectivity index (χ2v) is 2.74. The maximum absolute atomic E-state index is 11.2. The quantitative estimate of drug-likeness (QED) is 0.496. The van der Waals surface area contributed by atoms with Gasteiger partial charge in [-0.15, -0.1) is 6.58 Å². The summed E-state index contributed by atoms with van der Waals surface area (Å²) in [5, 5.41) is 8.52. The Morgan fingerprint density at radius 3 is 2.43 bits per heavy atom. The van der Waals surface area contributed by atoms with Gasteiger partial charge in [-0.25, -0.2) is 0 Å². The summed E-state index contributed by atoms with van der Waals surface area (Å²) in [7, 11) is 0. The Balaban J connectivity index is 4.16. The van der Waals surface area contributed by atoms with Gasteiger partial charge in [0.1, 0.15) is 6.61 Å². The van der Waals surface area contributed by atoms with Gasteiger partial charge >= 0.3 is 11.9 Å². The Kier molecular flexibility index (Phi) is 6.11. The molecular weight excluding hydrogens is 184 g/mol. The molecule has 0 amide bonds. The summed E-state index contributed by atoms with van der Waals surface area (Å²) < 4.78 is 4.74. The molecule has 0 aromatic carbocycles. The maximum Gasteiger partial charge on any atom is 0.310 e. The average molecular weight is 198 g/mol. The molecule has 0 aromatic heterocycles. The van der Waals surface area contributed by atoms with Crippen molar-refractivity contribution in [3.05, 3.63) is 25.3 Å². The standard InChI is InChI=1S/C10H14O4/c1-3-5-8(7-9(11)12)10(13)14-6-4-2/h3-4,8H,1-2,5-7H2,(H,11,12). The summed E-state index contributed by atoms with van der Waals surface area (Å²) in [6.45, 7) is 6.94. The zero-order chi connectivity index (χ0) is 11.0. The minimum absolute atomic E-state index is 0.103. The molecule has 1 unspecified atom stereocenters. The van der Waals surface area contributed by atoms with E-state index in [0.717, 1.165) is 0 Å². The van der Waals surface area contributed by atoms with E-state index in [1.54, 1.807) is 0 Å². The van der Waals surface area contributed by atoms with Crippen LogP contribution in [-0.4, -0.2) is 23.7 Å². The van der Waals surface area contributed by atoms with Gasteiger partial charge in [-0.1, -0.05) is 18.7 Å². The molecule has 78 valence electrons. The molecule has 0 aliphatic carbocycles. The number of carboxylic acids is 1. The average Bonchev–Trinajstić information content (AvgIpc) is 2.13. The lowest BCUT2D eigenvalue weighted by Crippen LogP contribution is -2.20. The Morgan fingerprint density at radius 2 is 2.00 bits per heavy atom. The van der Waals surface area contributed by atoms with Gasteiger partial charge in [0.15, 0.2) is 0 Å². The topological polar surface area (TPSA) is 63.6 Å². The van der Waals surface area contributed by atoms with E-state index >= 15 is 0 Å². The van der Waals surface area contributed by atoms with E-state index in [9.17, 15) is 9.59 Å². The highest BCUT2D eigenvalue weighted by Crippen LogP contribution is 2.11. The molecule has 0 heterocycles. The fraction of sp³-hybridized carbons (Fsp3) is 0.400. The van der Waals surface area contributed by atoms with Crippen LogP contribution in [0.1, 0.15) is 12.8 Å². The van der Waals surface area contributed by atoms with E-state index in [1.807, 2.05) is 0 Å². The summed E-state index contributed by atoms with van der Waals surface area (Å²) in [5.41, 5.74) is 0. The number of carbonyl (C=O) groups is 2. The molecule has 0 rings (SSSR count). The highest BCUT2D eigenvalue weighted by molar-refractivity contribution is 5.79. The number of ether oxygens (including phenoxy) is 1. The van der Waals surface area contributed by atoms with Crippen LogP contribution in [0.3, 0.4) is 0 Å². The highest BCUT2D eigenvalue weighted by Gasteiger charge is 2.21. The van der Waals surface area contributed by atoms with E-state index in [1.165, 1.54) is 12.2 Å². The van der Waals surface area contributed by atoms with Gasteiger partial charge in [-0.3, -0.25) is 9.59 Å². The molecule has 0 spiro atoms. The number of carbonyl (C=O) groups excluding carboxylic acids is 1.